The molecule has 2 N–H and O–H groups in total. The summed E-state index contributed by atoms with van der Waals surface area (Å²) >= 11 is 3.35. The Morgan fingerprint density at radius 1 is 1.20 bits per heavy atom. The summed E-state index contributed by atoms with van der Waals surface area (Å²) in [7, 11) is 0. The van der Waals surface area contributed by atoms with E-state index in [2.05, 4.69) is 21.2 Å². The molecule has 0 heterocycles. The summed E-state index contributed by atoms with van der Waals surface area (Å²) < 4.78 is 0.721. The Morgan fingerprint density at radius 3 is 2.45 bits per heavy atom. The maximum atomic E-state index is 12.4. The van der Waals surface area contributed by atoms with Crippen LogP contribution in [0, 0.1) is 0 Å². The van der Waals surface area contributed by atoms with Crippen LogP contribution in [0.5, 0.6) is 0 Å². The molecule has 4 nitrogen and oxygen atoms in total. The standard InChI is InChI=1S/C15H18BrNO3/c16-12-7-3-2-6-11(12)14(20)17-15(10-13(18)19)8-4-1-5-9-15/h2-3,6-7H,1,4-5,8-10H2,(H,17,20)(H,18,19). The van der Waals surface area contributed by atoms with E-state index in [4.69, 9.17) is 5.11 Å². The second-order valence-corrected chi connectivity index (χ2v) is 6.20. The maximum absolute atomic E-state index is 12.4. The van der Waals surface area contributed by atoms with Gasteiger partial charge in [0.25, 0.3) is 5.91 Å². The molecule has 20 heavy (non-hydrogen) atoms. The monoisotopic (exact) mass is 339 g/mol. The van der Waals surface area contributed by atoms with Gasteiger partial charge in [0.1, 0.15) is 0 Å². The number of aliphatic carboxylic acids is 1. The molecule has 1 amide bonds. The molecule has 1 aliphatic carbocycles. The molecule has 108 valence electrons. The van der Waals surface area contributed by atoms with Gasteiger partial charge in [-0.2, -0.15) is 0 Å². The third-order valence-electron chi connectivity index (χ3n) is 3.80. The number of halogens is 1. The Hall–Kier alpha value is -1.36. The quantitative estimate of drug-likeness (QED) is 0.883. The normalized spacial score (nSPS) is 17.4. The molecule has 1 saturated carbocycles. The van der Waals surface area contributed by atoms with Crippen molar-refractivity contribution >= 4 is 27.8 Å². The van der Waals surface area contributed by atoms with E-state index in [1.54, 1.807) is 18.2 Å². The van der Waals surface area contributed by atoms with Gasteiger partial charge < -0.3 is 10.4 Å². The first-order valence-corrected chi connectivity index (χ1v) is 7.61. The van der Waals surface area contributed by atoms with Crippen molar-refractivity contribution in [2.45, 2.75) is 44.1 Å². The zero-order valence-corrected chi connectivity index (χ0v) is 12.8. The fourth-order valence-electron chi connectivity index (χ4n) is 2.82. The molecular formula is C15H18BrNO3. The van der Waals surface area contributed by atoms with E-state index in [-0.39, 0.29) is 12.3 Å². The Morgan fingerprint density at radius 2 is 1.85 bits per heavy atom. The van der Waals surface area contributed by atoms with Crippen molar-refractivity contribution < 1.29 is 14.7 Å². The van der Waals surface area contributed by atoms with Crippen LogP contribution in [0.3, 0.4) is 0 Å². The predicted molar refractivity (Wildman–Crippen MR) is 79.7 cm³/mol. The van der Waals surface area contributed by atoms with Crippen molar-refractivity contribution in [1.29, 1.82) is 0 Å². The molecule has 1 aliphatic rings. The highest BCUT2D eigenvalue weighted by atomic mass is 79.9. The van der Waals surface area contributed by atoms with Crippen molar-refractivity contribution in [1.82, 2.24) is 5.32 Å². The highest BCUT2D eigenvalue weighted by molar-refractivity contribution is 9.10. The Balaban J connectivity index is 2.17. The van der Waals surface area contributed by atoms with Gasteiger partial charge in [0.05, 0.1) is 17.5 Å². The molecule has 0 spiro atoms. The number of benzene rings is 1. The number of rotatable bonds is 4. The first-order valence-electron chi connectivity index (χ1n) is 6.81. The fraction of sp³-hybridized carbons (Fsp3) is 0.467. The van der Waals surface area contributed by atoms with Crippen molar-refractivity contribution in [3.63, 3.8) is 0 Å². The fourth-order valence-corrected chi connectivity index (χ4v) is 3.28. The van der Waals surface area contributed by atoms with Crippen LogP contribution in [-0.4, -0.2) is 22.5 Å². The van der Waals surface area contributed by atoms with E-state index in [1.165, 1.54) is 0 Å². The van der Waals surface area contributed by atoms with Crippen LogP contribution >= 0.6 is 15.9 Å². The van der Waals surface area contributed by atoms with Crippen LogP contribution in [0.1, 0.15) is 48.9 Å². The third-order valence-corrected chi connectivity index (χ3v) is 4.49. The van der Waals surface area contributed by atoms with Crippen molar-refractivity contribution in [2.75, 3.05) is 0 Å². The summed E-state index contributed by atoms with van der Waals surface area (Å²) in [5.41, 5.74) is -0.0565. The number of nitrogens with one attached hydrogen (secondary N) is 1. The van der Waals surface area contributed by atoms with Crippen molar-refractivity contribution in [3.05, 3.63) is 34.3 Å². The van der Waals surface area contributed by atoms with Gasteiger partial charge in [-0.1, -0.05) is 31.4 Å². The number of amides is 1. The minimum atomic E-state index is -0.862. The summed E-state index contributed by atoms with van der Waals surface area (Å²) in [5, 5.41) is 12.1. The minimum absolute atomic E-state index is 0.0107. The number of carboxylic acid groups (broad SMARTS) is 1. The molecule has 0 atom stereocenters. The van der Waals surface area contributed by atoms with Crippen LogP contribution in [0.25, 0.3) is 0 Å². The second-order valence-electron chi connectivity index (χ2n) is 5.35. The van der Waals surface area contributed by atoms with Crippen LogP contribution in [0.2, 0.25) is 0 Å². The zero-order valence-electron chi connectivity index (χ0n) is 11.2. The van der Waals surface area contributed by atoms with E-state index < -0.39 is 11.5 Å². The average Bonchev–Trinajstić information content (AvgIpc) is 2.39. The number of hydrogen-bond donors (Lipinski definition) is 2. The molecule has 0 aromatic heterocycles. The first kappa shape index (κ1) is 15.0. The summed E-state index contributed by atoms with van der Waals surface area (Å²) in [6.07, 6.45) is 4.48. The van der Waals surface area contributed by atoms with Gasteiger partial charge in [0.2, 0.25) is 0 Å². The van der Waals surface area contributed by atoms with Crippen LogP contribution in [0.4, 0.5) is 0 Å². The molecule has 2 rings (SSSR count). The predicted octanol–water partition coefficient (Wildman–Crippen LogP) is 3.36. The summed E-state index contributed by atoms with van der Waals surface area (Å²) in [4.78, 5) is 23.5. The van der Waals surface area contributed by atoms with E-state index in [0.717, 1.165) is 36.6 Å². The largest absolute Gasteiger partial charge is 0.481 e. The minimum Gasteiger partial charge on any atom is -0.481 e. The topological polar surface area (TPSA) is 66.4 Å². The molecule has 1 aromatic rings. The number of carbonyl (C=O) groups is 2. The molecule has 0 bridgehead atoms. The molecule has 0 unspecified atom stereocenters. The summed E-state index contributed by atoms with van der Waals surface area (Å²) in [6, 6.07) is 7.18. The highest BCUT2D eigenvalue weighted by Gasteiger charge is 2.36. The lowest BCUT2D eigenvalue weighted by Gasteiger charge is -2.37. The maximum Gasteiger partial charge on any atom is 0.305 e. The van der Waals surface area contributed by atoms with Gasteiger partial charge in [-0.25, -0.2) is 0 Å². The zero-order chi connectivity index (χ0) is 14.6. The molecule has 1 fully saturated rings. The number of carboxylic acids is 1. The molecule has 5 heteroatoms. The molecule has 0 saturated heterocycles. The van der Waals surface area contributed by atoms with Gasteiger partial charge in [-0.3, -0.25) is 9.59 Å². The van der Waals surface area contributed by atoms with Gasteiger partial charge in [-0.15, -0.1) is 0 Å². The van der Waals surface area contributed by atoms with Gasteiger partial charge >= 0.3 is 5.97 Å². The van der Waals surface area contributed by atoms with Crippen LogP contribution < -0.4 is 5.32 Å². The lowest BCUT2D eigenvalue weighted by molar-refractivity contribution is -0.139. The number of hydrogen-bond acceptors (Lipinski definition) is 2. The highest BCUT2D eigenvalue weighted by Crippen LogP contribution is 2.32. The summed E-state index contributed by atoms with van der Waals surface area (Å²) in [5.74, 6) is -1.07. The molecule has 1 aromatic carbocycles. The SMILES string of the molecule is O=C(O)CC1(NC(=O)c2ccccc2Br)CCCCC1. The van der Waals surface area contributed by atoms with E-state index in [0.29, 0.717) is 5.56 Å². The smallest absolute Gasteiger partial charge is 0.305 e. The van der Waals surface area contributed by atoms with Gasteiger partial charge in [0.15, 0.2) is 0 Å². The number of carbonyl (C=O) groups excluding carboxylic acids is 1. The van der Waals surface area contributed by atoms with Crippen molar-refractivity contribution in [2.24, 2.45) is 0 Å². The Kier molecular flexibility index (Phi) is 4.81. The van der Waals surface area contributed by atoms with E-state index >= 15 is 0 Å². The van der Waals surface area contributed by atoms with Gasteiger partial charge in [-0.05, 0) is 40.9 Å². The van der Waals surface area contributed by atoms with E-state index in [1.807, 2.05) is 6.07 Å². The van der Waals surface area contributed by atoms with E-state index in [9.17, 15) is 9.59 Å². The lowest BCUT2D eigenvalue weighted by atomic mass is 9.79. The molecule has 0 radical (unpaired) electrons. The second kappa shape index (κ2) is 6.39. The van der Waals surface area contributed by atoms with Crippen LogP contribution in [0.15, 0.2) is 28.7 Å². The Bertz CT molecular complexity index is 510. The van der Waals surface area contributed by atoms with Crippen molar-refractivity contribution in [3.8, 4) is 0 Å². The van der Waals surface area contributed by atoms with Gasteiger partial charge in [0, 0.05) is 4.47 Å². The first-order chi connectivity index (χ1) is 9.52. The molecular weight excluding hydrogens is 322 g/mol. The average molecular weight is 340 g/mol. The summed E-state index contributed by atoms with van der Waals surface area (Å²) in [6.45, 7) is 0. The Labute approximate surface area is 126 Å². The lowest BCUT2D eigenvalue weighted by Crippen LogP contribution is -2.51. The van der Waals surface area contributed by atoms with Crippen LogP contribution in [-0.2, 0) is 4.79 Å². The third kappa shape index (κ3) is 3.60. The molecule has 0 aliphatic heterocycles.